The van der Waals surface area contributed by atoms with Gasteiger partial charge in [-0.1, -0.05) is 0 Å². The first kappa shape index (κ1) is 24.8. The summed E-state index contributed by atoms with van der Waals surface area (Å²) in [6.45, 7) is 0. The summed E-state index contributed by atoms with van der Waals surface area (Å²) in [5, 5.41) is 9.55. The fraction of sp³-hybridized carbons (Fsp3) is 1.00. The molecule has 0 bridgehead atoms. The number of rotatable bonds is 4. The summed E-state index contributed by atoms with van der Waals surface area (Å²) in [5.74, 6) is -26.1. The second kappa shape index (κ2) is 5.63. The van der Waals surface area contributed by atoms with Gasteiger partial charge < -0.3 is 0 Å². The fourth-order valence-corrected chi connectivity index (χ4v) is 1.63. The van der Waals surface area contributed by atoms with Crippen molar-refractivity contribution in [2.24, 2.45) is 5.41 Å². The molecule has 1 nitrogen and oxygen atoms in total. The summed E-state index contributed by atoms with van der Waals surface area (Å²) in [6.07, 6.45) is -33.2. The van der Waals surface area contributed by atoms with Gasteiger partial charge in [0, 0.05) is 0 Å². The Labute approximate surface area is 129 Å². The molecule has 1 radical (unpaired) electrons. The summed E-state index contributed by atoms with van der Waals surface area (Å²) in [4.78, 5) is 0. The van der Waals surface area contributed by atoms with Crippen LogP contribution in [0.3, 0.4) is 0 Å². The molecule has 0 aliphatic rings. The average molecular weight is 435 g/mol. The summed E-state index contributed by atoms with van der Waals surface area (Å²) in [6, 6.07) is 0. The third kappa shape index (κ3) is 2.83. The minimum atomic E-state index is -9.04. The van der Waals surface area contributed by atoms with Crippen LogP contribution in [0, 0.1) is 5.41 Å². The van der Waals surface area contributed by atoms with Gasteiger partial charge in [-0.05, 0) is 0 Å². The molecule has 157 valence electrons. The zero-order valence-electron chi connectivity index (χ0n) is 10.8. The van der Waals surface area contributed by atoms with Gasteiger partial charge in [-0.2, -0.15) is 79.7 Å². The normalized spacial score (nSPS) is 16.8. The molecule has 0 saturated heterocycles. The summed E-state index contributed by atoms with van der Waals surface area (Å²) in [5.41, 5.74) is -8.92. The number of hydrogen-bond acceptors (Lipinski definition) is 0. The molecule has 0 amide bonds. The Bertz CT molecular complexity index is 477. The maximum atomic E-state index is 13.2. The van der Waals surface area contributed by atoms with E-state index in [0.29, 0.717) is 0 Å². The van der Waals surface area contributed by atoms with Gasteiger partial charge in [-0.25, -0.2) is 0 Å². The zero-order valence-corrected chi connectivity index (χ0v) is 10.8. The van der Waals surface area contributed by atoms with Crippen LogP contribution in [0.25, 0.3) is 0 Å². The van der Waals surface area contributed by atoms with E-state index in [1.165, 1.54) is 0 Å². The summed E-state index contributed by atoms with van der Waals surface area (Å²) in [7, 11) is 0. The van der Waals surface area contributed by atoms with Crippen LogP contribution in [0.15, 0.2) is 0 Å². The minimum absolute atomic E-state index is 7.69. The third-order valence-corrected chi connectivity index (χ3v) is 2.90. The molecule has 18 heteroatoms. The Morgan fingerprint density at radius 1 is 0.346 bits per heavy atom. The lowest BCUT2D eigenvalue weighted by Gasteiger charge is -2.46. The van der Waals surface area contributed by atoms with E-state index in [0.717, 1.165) is 0 Å². The lowest BCUT2D eigenvalue weighted by atomic mass is 9.74. The van der Waals surface area contributed by atoms with Crippen molar-refractivity contribution in [3.8, 4) is 0 Å². The second-order valence-corrected chi connectivity index (χ2v) is 4.48. The Balaban J connectivity index is 7.31. The zero-order chi connectivity index (χ0) is 22.0. The highest BCUT2D eigenvalue weighted by Gasteiger charge is 3.01. The highest BCUT2D eigenvalue weighted by molar-refractivity contribution is 5.16. The standard InChI is InChI=1S/C8F17O/c9-2(10,3(11,12)4(13,14)8(24,25)26)1(5(15,16)17,6(18,19)20)7(21,22)23. The quantitative estimate of drug-likeness (QED) is 0.514. The first-order chi connectivity index (χ1) is 10.8. The van der Waals surface area contributed by atoms with Crippen molar-refractivity contribution in [2.75, 3.05) is 0 Å². The van der Waals surface area contributed by atoms with Crippen molar-refractivity contribution in [2.45, 2.75) is 42.4 Å². The van der Waals surface area contributed by atoms with Crippen LogP contribution in [0.4, 0.5) is 74.6 Å². The van der Waals surface area contributed by atoms with Crippen molar-refractivity contribution < 1.29 is 79.7 Å². The lowest BCUT2D eigenvalue weighted by molar-refractivity contribution is -0.522. The molecule has 0 spiro atoms. The molecule has 0 aromatic heterocycles. The van der Waals surface area contributed by atoms with Gasteiger partial charge in [0.2, 0.25) is 0 Å². The number of halogens is 17. The molecule has 0 atom stereocenters. The van der Waals surface area contributed by atoms with Crippen molar-refractivity contribution in [3.05, 3.63) is 0 Å². The van der Waals surface area contributed by atoms with Crippen LogP contribution in [0.2, 0.25) is 0 Å². The SMILES string of the molecule is [O]C(F)(F)C(F)(F)C(F)(F)C(F)(F)C(C(F)(F)F)(C(F)(F)F)C(F)(F)F. The van der Waals surface area contributed by atoms with E-state index in [1.54, 1.807) is 0 Å². The molecule has 0 rings (SSSR count). The van der Waals surface area contributed by atoms with Gasteiger partial charge in [0.05, 0.1) is 0 Å². The Morgan fingerprint density at radius 3 is 0.731 bits per heavy atom. The molecule has 0 saturated carbocycles. The molecule has 0 N–H and O–H groups in total. The smallest absolute Gasteiger partial charge is 0.198 e. The van der Waals surface area contributed by atoms with Gasteiger partial charge >= 0.3 is 47.8 Å². The molecule has 0 aromatic rings. The predicted molar refractivity (Wildman–Crippen MR) is 41.1 cm³/mol. The van der Waals surface area contributed by atoms with Crippen LogP contribution >= 0.6 is 0 Å². The molecule has 0 heterocycles. The van der Waals surface area contributed by atoms with Gasteiger partial charge in [0.25, 0.3) is 0 Å². The molecule has 0 unspecified atom stereocenters. The van der Waals surface area contributed by atoms with Crippen LogP contribution < -0.4 is 0 Å². The fourth-order valence-electron chi connectivity index (χ4n) is 1.63. The van der Waals surface area contributed by atoms with E-state index >= 15 is 0 Å². The summed E-state index contributed by atoms with van der Waals surface area (Å²) < 4.78 is 212. The molecule has 0 aliphatic carbocycles. The number of alkyl halides is 17. The molecular formula is C8F17O. The first-order valence-electron chi connectivity index (χ1n) is 5.17. The maximum absolute atomic E-state index is 13.2. The second-order valence-electron chi connectivity index (χ2n) is 4.48. The van der Waals surface area contributed by atoms with Gasteiger partial charge in [0.1, 0.15) is 0 Å². The molecule has 0 aromatic carbocycles. The predicted octanol–water partition coefficient (Wildman–Crippen LogP) is 5.59. The first-order valence-corrected chi connectivity index (χ1v) is 5.17. The van der Waals surface area contributed by atoms with Crippen molar-refractivity contribution in [1.82, 2.24) is 0 Å². The van der Waals surface area contributed by atoms with Crippen molar-refractivity contribution >= 4 is 0 Å². The van der Waals surface area contributed by atoms with Crippen LogP contribution in [-0.2, 0) is 5.11 Å². The van der Waals surface area contributed by atoms with Crippen LogP contribution in [-0.4, -0.2) is 42.4 Å². The van der Waals surface area contributed by atoms with Gasteiger partial charge in [-0.3, -0.25) is 0 Å². The van der Waals surface area contributed by atoms with E-state index in [-0.39, 0.29) is 0 Å². The van der Waals surface area contributed by atoms with Crippen molar-refractivity contribution in [3.63, 3.8) is 0 Å². The van der Waals surface area contributed by atoms with Gasteiger partial charge in [0.15, 0.2) is 0 Å². The van der Waals surface area contributed by atoms with Crippen LogP contribution in [0.1, 0.15) is 0 Å². The van der Waals surface area contributed by atoms with E-state index in [1.807, 2.05) is 0 Å². The van der Waals surface area contributed by atoms with E-state index in [2.05, 4.69) is 0 Å². The lowest BCUT2D eigenvalue weighted by Crippen LogP contribution is -2.77. The Kier molecular flexibility index (Phi) is 5.37. The van der Waals surface area contributed by atoms with E-state index in [9.17, 15) is 79.7 Å². The topological polar surface area (TPSA) is 19.9 Å². The summed E-state index contributed by atoms with van der Waals surface area (Å²) >= 11 is 0. The largest absolute Gasteiger partial charge is 0.452 e. The number of hydrogen-bond donors (Lipinski definition) is 0. The molecular weight excluding hydrogens is 435 g/mol. The van der Waals surface area contributed by atoms with Crippen LogP contribution in [0.5, 0.6) is 0 Å². The highest BCUT2D eigenvalue weighted by atomic mass is 19.4. The monoisotopic (exact) mass is 435 g/mol. The molecule has 26 heavy (non-hydrogen) atoms. The third-order valence-electron chi connectivity index (χ3n) is 2.90. The van der Waals surface area contributed by atoms with Crippen molar-refractivity contribution in [1.29, 1.82) is 0 Å². The van der Waals surface area contributed by atoms with E-state index in [4.69, 9.17) is 0 Å². The highest BCUT2D eigenvalue weighted by Crippen LogP contribution is 2.71. The minimum Gasteiger partial charge on any atom is -0.198 e. The van der Waals surface area contributed by atoms with Gasteiger partial charge in [-0.15, -0.1) is 0 Å². The average Bonchev–Trinajstić information content (AvgIpc) is 2.19. The maximum Gasteiger partial charge on any atom is 0.452 e. The molecule has 0 fully saturated rings. The van der Waals surface area contributed by atoms with E-state index < -0.39 is 47.8 Å². The Hall–Kier alpha value is -1.23. The Morgan fingerprint density at radius 2 is 0.577 bits per heavy atom. The molecule has 0 aliphatic heterocycles.